The number of rotatable bonds is 2. The van der Waals surface area contributed by atoms with Gasteiger partial charge in [-0.1, -0.05) is 70.8 Å². The number of hydrogen-bond donors (Lipinski definition) is 0. The van der Waals surface area contributed by atoms with Crippen LogP contribution >= 0.6 is 34.4 Å². The Morgan fingerprint density at radius 3 is 2.64 bits per heavy atom. The van der Waals surface area contributed by atoms with Crippen LogP contribution < -0.4 is 0 Å². The summed E-state index contributed by atoms with van der Waals surface area (Å²) in [5.41, 5.74) is 0. The molecule has 0 spiro atoms. The number of thioether (sulfide) groups is 1. The fraction of sp³-hybridized carbons (Fsp3) is 0.167. The van der Waals surface area contributed by atoms with Gasteiger partial charge in [-0.25, -0.2) is 0 Å². The van der Waals surface area contributed by atoms with Gasteiger partial charge < -0.3 is 0 Å². The topological polar surface area (TPSA) is 0 Å². The lowest BCUT2D eigenvalue weighted by Gasteiger charge is -2.09. The van der Waals surface area contributed by atoms with E-state index >= 15 is 0 Å². The summed E-state index contributed by atoms with van der Waals surface area (Å²) < 4.78 is 0.674. The molecule has 0 bridgehead atoms. The molecule has 0 aromatic heterocycles. The molecule has 1 aliphatic carbocycles. The molecule has 0 radical (unpaired) electrons. The van der Waals surface area contributed by atoms with Crippen LogP contribution in [0.2, 0.25) is 0 Å². The van der Waals surface area contributed by atoms with Crippen LogP contribution in [0.25, 0.3) is 0 Å². The first-order valence-corrected chi connectivity index (χ1v) is 6.66. The van der Waals surface area contributed by atoms with Crippen LogP contribution in [0.15, 0.2) is 58.4 Å². The Bertz CT molecular complexity index is 354. The van der Waals surface area contributed by atoms with E-state index in [1.807, 2.05) is 11.8 Å². The van der Waals surface area contributed by atoms with Crippen molar-refractivity contribution in [3.63, 3.8) is 0 Å². The van der Waals surface area contributed by atoms with Crippen molar-refractivity contribution in [3.8, 4) is 0 Å². The highest BCUT2D eigenvalue weighted by Gasteiger charge is 2.05. The van der Waals surface area contributed by atoms with Crippen LogP contribution in [0.4, 0.5) is 0 Å². The Hall–Kier alpha value is -0.220. The van der Waals surface area contributed by atoms with Gasteiger partial charge in [-0.3, -0.25) is 0 Å². The summed E-state index contributed by atoms with van der Waals surface area (Å²) in [6.07, 6.45) is 7.96. The molecule has 14 heavy (non-hydrogen) atoms. The normalized spacial score (nSPS) is 20.6. The van der Waals surface area contributed by atoms with E-state index in [4.69, 9.17) is 0 Å². The number of benzene rings is 1. The highest BCUT2D eigenvalue weighted by molar-refractivity contribution is 14.1. The largest absolute Gasteiger partial charge is 0.0905 e. The van der Waals surface area contributed by atoms with Crippen LogP contribution in [0.3, 0.4) is 0 Å². The summed E-state index contributed by atoms with van der Waals surface area (Å²) in [5, 5.41) is 0. The van der Waals surface area contributed by atoms with Gasteiger partial charge in [0.05, 0.1) is 0 Å². The first kappa shape index (κ1) is 10.3. The quantitative estimate of drug-likeness (QED) is 0.575. The van der Waals surface area contributed by atoms with Gasteiger partial charge in [-0.2, -0.15) is 0 Å². The maximum absolute atomic E-state index is 2.46. The lowest BCUT2D eigenvalue weighted by atomic mass is 10.2. The summed E-state index contributed by atoms with van der Waals surface area (Å²) in [6, 6.07) is 10.5. The molecule has 1 aromatic rings. The van der Waals surface area contributed by atoms with E-state index in [0.29, 0.717) is 3.92 Å². The first-order chi connectivity index (χ1) is 6.84. The molecular formula is C12H11IS. The zero-order valence-electron chi connectivity index (χ0n) is 7.69. The number of halogens is 1. The van der Waals surface area contributed by atoms with Crippen molar-refractivity contribution in [1.29, 1.82) is 0 Å². The van der Waals surface area contributed by atoms with Crippen LogP contribution in [0, 0.1) is 0 Å². The molecular weight excluding hydrogens is 303 g/mol. The van der Waals surface area contributed by atoms with E-state index in [9.17, 15) is 0 Å². The molecule has 0 nitrogen and oxygen atoms in total. The van der Waals surface area contributed by atoms with Crippen LogP contribution in [-0.2, 0) is 0 Å². The SMILES string of the molecule is IC1C=CC(Sc2ccccc2)=CC1. The van der Waals surface area contributed by atoms with Gasteiger partial charge in [0, 0.05) is 13.7 Å². The second-order valence-electron chi connectivity index (χ2n) is 3.13. The molecule has 0 amide bonds. The highest BCUT2D eigenvalue weighted by Crippen LogP contribution is 2.31. The predicted octanol–water partition coefficient (Wildman–Crippen LogP) is 4.43. The van der Waals surface area contributed by atoms with Crippen molar-refractivity contribution in [3.05, 3.63) is 53.5 Å². The van der Waals surface area contributed by atoms with Gasteiger partial charge in [0.15, 0.2) is 0 Å². The fourth-order valence-corrected chi connectivity index (χ4v) is 2.63. The standard InChI is InChI=1S/C12H11IS/c13-10-6-8-12(9-7-10)14-11-4-2-1-3-5-11/h1-6,8-10H,7H2. The Kier molecular flexibility index (Phi) is 3.70. The van der Waals surface area contributed by atoms with Gasteiger partial charge in [0.25, 0.3) is 0 Å². The van der Waals surface area contributed by atoms with Crippen molar-refractivity contribution in [2.45, 2.75) is 15.2 Å². The maximum atomic E-state index is 2.46. The van der Waals surface area contributed by atoms with Crippen molar-refractivity contribution < 1.29 is 0 Å². The van der Waals surface area contributed by atoms with E-state index in [1.54, 1.807) is 0 Å². The molecule has 1 aromatic carbocycles. The molecule has 1 aliphatic rings. The number of hydrogen-bond acceptors (Lipinski definition) is 1. The lowest BCUT2D eigenvalue weighted by molar-refractivity contribution is 1.09. The zero-order chi connectivity index (χ0) is 9.80. The summed E-state index contributed by atoms with van der Waals surface area (Å²) >= 11 is 4.29. The van der Waals surface area contributed by atoms with E-state index in [0.717, 1.165) is 6.42 Å². The van der Waals surface area contributed by atoms with Crippen LogP contribution in [-0.4, -0.2) is 3.92 Å². The van der Waals surface area contributed by atoms with E-state index < -0.39 is 0 Å². The number of allylic oxidation sites excluding steroid dienone is 3. The molecule has 2 heteroatoms. The molecule has 0 aliphatic heterocycles. The zero-order valence-corrected chi connectivity index (χ0v) is 10.7. The van der Waals surface area contributed by atoms with Crippen LogP contribution in [0.5, 0.6) is 0 Å². The third kappa shape index (κ3) is 2.89. The van der Waals surface area contributed by atoms with Gasteiger partial charge in [0.1, 0.15) is 0 Å². The van der Waals surface area contributed by atoms with Gasteiger partial charge >= 0.3 is 0 Å². The molecule has 0 N–H and O–H groups in total. The average molecular weight is 314 g/mol. The lowest BCUT2D eigenvalue weighted by Crippen LogP contribution is -1.94. The minimum atomic E-state index is 0.674. The summed E-state index contributed by atoms with van der Waals surface area (Å²) in [7, 11) is 0. The van der Waals surface area contributed by atoms with Gasteiger partial charge in [-0.05, 0) is 18.6 Å². The molecule has 2 rings (SSSR count). The maximum Gasteiger partial charge on any atom is 0.0327 e. The second-order valence-corrected chi connectivity index (χ2v) is 5.88. The van der Waals surface area contributed by atoms with E-state index in [1.165, 1.54) is 9.80 Å². The third-order valence-corrected chi connectivity index (χ3v) is 3.96. The first-order valence-electron chi connectivity index (χ1n) is 4.60. The number of alkyl halides is 1. The fourth-order valence-electron chi connectivity index (χ4n) is 1.27. The Balaban J connectivity index is 2.03. The minimum absolute atomic E-state index is 0.674. The van der Waals surface area contributed by atoms with Crippen LogP contribution in [0.1, 0.15) is 6.42 Å². The van der Waals surface area contributed by atoms with E-state index in [2.05, 4.69) is 71.2 Å². The summed E-state index contributed by atoms with van der Waals surface area (Å²) in [5.74, 6) is 0. The van der Waals surface area contributed by atoms with Gasteiger partial charge in [0.2, 0.25) is 0 Å². The predicted molar refractivity (Wildman–Crippen MR) is 71.9 cm³/mol. The average Bonchev–Trinajstić information content (AvgIpc) is 2.23. The summed E-state index contributed by atoms with van der Waals surface area (Å²) in [6.45, 7) is 0. The van der Waals surface area contributed by atoms with Gasteiger partial charge in [-0.15, -0.1) is 0 Å². The van der Waals surface area contributed by atoms with Crippen molar-refractivity contribution >= 4 is 34.4 Å². The molecule has 0 heterocycles. The minimum Gasteiger partial charge on any atom is -0.0905 e. The van der Waals surface area contributed by atoms with E-state index in [-0.39, 0.29) is 0 Å². The second kappa shape index (κ2) is 5.03. The third-order valence-electron chi connectivity index (χ3n) is 1.99. The molecule has 0 saturated carbocycles. The van der Waals surface area contributed by atoms with Crippen molar-refractivity contribution in [2.75, 3.05) is 0 Å². The Morgan fingerprint density at radius 2 is 2.00 bits per heavy atom. The molecule has 0 fully saturated rings. The Morgan fingerprint density at radius 1 is 1.21 bits per heavy atom. The smallest absolute Gasteiger partial charge is 0.0327 e. The monoisotopic (exact) mass is 314 g/mol. The summed E-state index contributed by atoms with van der Waals surface area (Å²) in [4.78, 5) is 2.68. The Labute approximate surface area is 103 Å². The molecule has 1 atom stereocenters. The molecule has 72 valence electrons. The molecule has 0 saturated heterocycles. The van der Waals surface area contributed by atoms with Crippen molar-refractivity contribution in [1.82, 2.24) is 0 Å². The highest BCUT2D eigenvalue weighted by atomic mass is 127. The molecule has 1 unspecified atom stereocenters. The van der Waals surface area contributed by atoms with Crippen molar-refractivity contribution in [2.24, 2.45) is 0 Å².